The first-order valence-electron chi connectivity index (χ1n) is 7.97. The standard InChI is InChI=1S/C19H18N2O4S/c1-24-14-9-6-10-15-18(14)21(12-17(23)25-2)19(26-15)20-16(22)11-13-7-4-3-5-8-13/h3-10H,11-12H2,1-2H3. The molecule has 1 aromatic heterocycles. The summed E-state index contributed by atoms with van der Waals surface area (Å²) in [5, 5.41) is 0. The number of thiazole rings is 1. The molecule has 6 nitrogen and oxygen atoms in total. The van der Waals surface area contributed by atoms with Crippen LogP contribution in [0.1, 0.15) is 5.56 Å². The maximum atomic E-state index is 12.4. The van der Waals surface area contributed by atoms with Gasteiger partial charge >= 0.3 is 5.97 Å². The number of carbonyl (C=O) groups excluding carboxylic acids is 2. The Morgan fingerprint density at radius 1 is 1.08 bits per heavy atom. The Bertz CT molecular complexity index is 1010. The molecular formula is C19H18N2O4S. The Kier molecular flexibility index (Phi) is 5.48. The van der Waals surface area contributed by atoms with Crippen LogP contribution in [0.25, 0.3) is 10.2 Å². The lowest BCUT2D eigenvalue weighted by molar-refractivity contribution is -0.141. The Balaban J connectivity index is 2.07. The lowest BCUT2D eigenvalue weighted by Gasteiger charge is -2.07. The van der Waals surface area contributed by atoms with Crippen LogP contribution in [0.3, 0.4) is 0 Å². The van der Waals surface area contributed by atoms with E-state index in [2.05, 4.69) is 4.99 Å². The summed E-state index contributed by atoms with van der Waals surface area (Å²) in [6.45, 7) is -0.0473. The first-order valence-corrected chi connectivity index (χ1v) is 8.78. The first-order chi connectivity index (χ1) is 12.6. The van der Waals surface area contributed by atoms with Gasteiger partial charge in [-0.05, 0) is 17.7 Å². The van der Waals surface area contributed by atoms with Gasteiger partial charge in [0.15, 0.2) is 4.80 Å². The molecule has 1 amide bonds. The van der Waals surface area contributed by atoms with Crippen molar-refractivity contribution in [1.29, 1.82) is 0 Å². The quantitative estimate of drug-likeness (QED) is 0.647. The van der Waals surface area contributed by atoms with E-state index in [9.17, 15) is 9.59 Å². The summed E-state index contributed by atoms with van der Waals surface area (Å²) < 4.78 is 12.7. The Labute approximate surface area is 154 Å². The fourth-order valence-corrected chi connectivity index (χ4v) is 3.67. The van der Waals surface area contributed by atoms with E-state index in [1.807, 2.05) is 42.5 Å². The highest BCUT2D eigenvalue weighted by molar-refractivity contribution is 7.16. The Morgan fingerprint density at radius 3 is 2.54 bits per heavy atom. The maximum absolute atomic E-state index is 12.4. The second-order valence-corrected chi connectivity index (χ2v) is 6.53. The van der Waals surface area contributed by atoms with Gasteiger partial charge in [0.2, 0.25) is 0 Å². The highest BCUT2D eigenvalue weighted by Crippen LogP contribution is 2.27. The Hall–Kier alpha value is -2.93. The van der Waals surface area contributed by atoms with Gasteiger partial charge in [0.25, 0.3) is 5.91 Å². The number of hydrogen-bond acceptors (Lipinski definition) is 5. The number of aromatic nitrogens is 1. The Morgan fingerprint density at radius 2 is 1.85 bits per heavy atom. The first kappa shape index (κ1) is 17.9. The molecule has 0 fully saturated rings. The van der Waals surface area contributed by atoms with E-state index in [1.54, 1.807) is 17.7 Å². The lowest BCUT2D eigenvalue weighted by atomic mass is 10.1. The molecule has 0 spiro atoms. The summed E-state index contributed by atoms with van der Waals surface area (Å²) in [6.07, 6.45) is 0.199. The SMILES string of the molecule is COC(=O)Cn1c(=NC(=O)Cc2ccccc2)sc2cccc(OC)c21. The molecule has 0 aliphatic heterocycles. The van der Waals surface area contributed by atoms with Gasteiger partial charge < -0.3 is 14.0 Å². The van der Waals surface area contributed by atoms with Crippen LogP contribution in [0.5, 0.6) is 5.75 Å². The van der Waals surface area contributed by atoms with E-state index < -0.39 is 5.97 Å². The molecule has 0 radical (unpaired) electrons. The van der Waals surface area contributed by atoms with E-state index >= 15 is 0 Å². The van der Waals surface area contributed by atoms with Gasteiger partial charge in [-0.15, -0.1) is 0 Å². The number of fused-ring (bicyclic) bond motifs is 1. The third-order valence-corrected chi connectivity index (χ3v) is 4.86. The summed E-state index contributed by atoms with van der Waals surface area (Å²) in [7, 11) is 2.89. The van der Waals surface area contributed by atoms with Gasteiger partial charge in [0.1, 0.15) is 17.8 Å². The zero-order valence-corrected chi connectivity index (χ0v) is 15.3. The zero-order chi connectivity index (χ0) is 18.5. The van der Waals surface area contributed by atoms with Crippen molar-refractivity contribution in [3.63, 3.8) is 0 Å². The largest absolute Gasteiger partial charge is 0.495 e. The summed E-state index contributed by atoms with van der Waals surface area (Å²) in [6, 6.07) is 15.0. The average molecular weight is 370 g/mol. The highest BCUT2D eigenvalue weighted by Gasteiger charge is 2.15. The van der Waals surface area contributed by atoms with Gasteiger partial charge in [-0.3, -0.25) is 9.59 Å². The van der Waals surface area contributed by atoms with E-state index in [4.69, 9.17) is 9.47 Å². The van der Waals surface area contributed by atoms with Gasteiger partial charge in [0, 0.05) is 0 Å². The number of carbonyl (C=O) groups is 2. The fourth-order valence-electron chi connectivity index (χ4n) is 2.60. The minimum Gasteiger partial charge on any atom is -0.495 e. The number of esters is 1. The molecule has 3 rings (SSSR count). The van der Waals surface area contributed by atoms with E-state index in [0.717, 1.165) is 15.8 Å². The lowest BCUT2D eigenvalue weighted by Crippen LogP contribution is -2.23. The molecule has 0 atom stereocenters. The number of amides is 1. The van der Waals surface area contributed by atoms with Crippen molar-refractivity contribution in [3.05, 3.63) is 58.9 Å². The van der Waals surface area contributed by atoms with Crippen LogP contribution in [0, 0.1) is 0 Å². The molecule has 0 saturated carbocycles. The van der Waals surface area contributed by atoms with E-state index in [-0.39, 0.29) is 18.9 Å². The van der Waals surface area contributed by atoms with Crippen molar-refractivity contribution in [3.8, 4) is 5.75 Å². The second-order valence-electron chi connectivity index (χ2n) is 5.52. The average Bonchev–Trinajstić information content (AvgIpc) is 2.99. The molecule has 7 heteroatoms. The molecule has 134 valence electrons. The smallest absolute Gasteiger partial charge is 0.325 e. The fraction of sp³-hybridized carbons (Fsp3) is 0.211. The molecule has 0 aliphatic rings. The van der Waals surface area contributed by atoms with Crippen LogP contribution >= 0.6 is 11.3 Å². The van der Waals surface area contributed by atoms with Crippen molar-refractivity contribution >= 4 is 33.4 Å². The minimum atomic E-state index is -0.424. The van der Waals surface area contributed by atoms with E-state index in [0.29, 0.717) is 10.6 Å². The van der Waals surface area contributed by atoms with Gasteiger partial charge in [0.05, 0.1) is 25.3 Å². The molecule has 0 aliphatic carbocycles. The molecule has 1 heterocycles. The summed E-state index contributed by atoms with van der Waals surface area (Å²) in [4.78, 5) is 28.9. The molecule has 0 bridgehead atoms. The van der Waals surface area contributed by atoms with Crippen molar-refractivity contribution in [2.45, 2.75) is 13.0 Å². The molecule has 0 saturated heterocycles. The third-order valence-electron chi connectivity index (χ3n) is 3.82. The molecule has 0 unspecified atom stereocenters. The van der Waals surface area contributed by atoms with Crippen LogP contribution in [0.4, 0.5) is 0 Å². The molecule has 0 N–H and O–H groups in total. The third kappa shape index (κ3) is 3.83. The van der Waals surface area contributed by atoms with Crippen molar-refractivity contribution in [1.82, 2.24) is 4.57 Å². The summed E-state index contributed by atoms with van der Waals surface area (Å²) >= 11 is 1.33. The van der Waals surface area contributed by atoms with Crippen LogP contribution in [-0.2, 0) is 27.3 Å². The highest BCUT2D eigenvalue weighted by atomic mass is 32.1. The van der Waals surface area contributed by atoms with Gasteiger partial charge in [-0.2, -0.15) is 4.99 Å². The van der Waals surface area contributed by atoms with Crippen molar-refractivity contribution < 1.29 is 19.1 Å². The predicted octanol–water partition coefficient (Wildman–Crippen LogP) is 2.55. The van der Waals surface area contributed by atoms with Crippen LogP contribution in [-0.4, -0.2) is 30.7 Å². The van der Waals surface area contributed by atoms with Crippen molar-refractivity contribution in [2.75, 3.05) is 14.2 Å². The number of hydrogen-bond donors (Lipinski definition) is 0. The van der Waals surface area contributed by atoms with E-state index in [1.165, 1.54) is 18.4 Å². The van der Waals surface area contributed by atoms with Crippen molar-refractivity contribution in [2.24, 2.45) is 4.99 Å². The molecule has 26 heavy (non-hydrogen) atoms. The van der Waals surface area contributed by atoms with Crippen LogP contribution in [0.2, 0.25) is 0 Å². The normalized spacial score (nSPS) is 11.5. The summed E-state index contributed by atoms with van der Waals surface area (Å²) in [5.41, 5.74) is 1.61. The minimum absolute atomic E-state index is 0.0473. The number of ether oxygens (including phenoxy) is 2. The molecule has 2 aromatic carbocycles. The number of nitrogens with zero attached hydrogens (tertiary/aromatic N) is 2. The second kappa shape index (κ2) is 7.97. The van der Waals surface area contributed by atoms with Crippen LogP contribution < -0.4 is 9.54 Å². The summed E-state index contributed by atoms with van der Waals surface area (Å²) in [5.74, 6) is -0.0903. The predicted molar refractivity (Wildman–Crippen MR) is 99.1 cm³/mol. The number of methoxy groups -OCH3 is 2. The molecular weight excluding hydrogens is 352 g/mol. The van der Waals surface area contributed by atoms with Gasteiger partial charge in [-0.25, -0.2) is 0 Å². The van der Waals surface area contributed by atoms with Crippen LogP contribution in [0.15, 0.2) is 53.5 Å². The monoisotopic (exact) mass is 370 g/mol. The zero-order valence-electron chi connectivity index (χ0n) is 14.5. The van der Waals surface area contributed by atoms with Gasteiger partial charge in [-0.1, -0.05) is 47.7 Å². The molecule has 3 aromatic rings. The number of rotatable bonds is 5. The topological polar surface area (TPSA) is 69.9 Å². The maximum Gasteiger partial charge on any atom is 0.325 e. The number of benzene rings is 2. The number of para-hydroxylation sites is 1.